The maximum Gasteiger partial charge on any atom is 0.304 e. The van der Waals surface area contributed by atoms with Crippen LogP contribution in [0.2, 0.25) is 0 Å². The van der Waals surface area contributed by atoms with Crippen LogP contribution in [0.1, 0.15) is 30.4 Å². The molecule has 0 radical (unpaired) electrons. The zero-order valence-electron chi connectivity index (χ0n) is 11.0. The van der Waals surface area contributed by atoms with Crippen LogP contribution in [0.15, 0.2) is 18.2 Å². The molecule has 3 rings (SSSR count). The molecule has 1 heterocycles. The Kier molecular flexibility index (Phi) is 3.42. The van der Waals surface area contributed by atoms with E-state index in [1.165, 1.54) is 24.0 Å². The highest BCUT2D eigenvalue weighted by Gasteiger charge is 2.29. The molecule has 0 bridgehead atoms. The number of rotatable bonds is 6. The summed E-state index contributed by atoms with van der Waals surface area (Å²) in [6.07, 6.45) is 3.62. The molecule has 1 N–H and O–H groups in total. The third-order valence-electron chi connectivity index (χ3n) is 3.82. The summed E-state index contributed by atoms with van der Waals surface area (Å²) < 4.78 is 5.51. The van der Waals surface area contributed by atoms with Gasteiger partial charge in [-0.25, -0.2) is 0 Å². The Bertz CT molecular complexity index is 482. The molecule has 102 valence electrons. The maximum absolute atomic E-state index is 10.7. The highest BCUT2D eigenvalue weighted by Crippen LogP contribution is 2.30. The number of benzene rings is 1. The Labute approximate surface area is 113 Å². The van der Waals surface area contributed by atoms with E-state index >= 15 is 0 Å². The first kappa shape index (κ1) is 12.5. The van der Waals surface area contributed by atoms with Crippen molar-refractivity contribution in [1.82, 2.24) is 4.90 Å². The molecular formula is C15H19NO3. The van der Waals surface area contributed by atoms with E-state index in [0.29, 0.717) is 12.6 Å². The molecule has 4 heteroatoms. The van der Waals surface area contributed by atoms with Gasteiger partial charge in [-0.2, -0.15) is 0 Å². The molecule has 1 aliphatic carbocycles. The van der Waals surface area contributed by atoms with Crippen molar-refractivity contribution in [2.24, 2.45) is 0 Å². The van der Waals surface area contributed by atoms with E-state index in [9.17, 15) is 4.79 Å². The minimum absolute atomic E-state index is 0.227. The molecule has 1 aromatic rings. The molecule has 0 saturated heterocycles. The van der Waals surface area contributed by atoms with E-state index < -0.39 is 5.97 Å². The zero-order chi connectivity index (χ0) is 13.2. The van der Waals surface area contributed by atoms with Gasteiger partial charge in [0.1, 0.15) is 5.75 Å². The molecule has 0 aromatic heterocycles. The van der Waals surface area contributed by atoms with Crippen LogP contribution in [0.5, 0.6) is 5.75 Å². The molecule has 1 aromatic carbocycles. The fraction of sp³-hybridized carbons (Fsp3) is 0.533. The van der Waals surface area contributed by atoms with Gasteiger partial charge in [-0.05, 0) is 30.0 Å². The molecule has 1 aliphatic heterocycles. The van der Waals surface area contributed by atoms with Crippen LogP contribution in [0.3, 0.4) is 0 Å². The number of nitrogens with zero attached hydrogens (tertiary/aromatic N) is 1. The maximum atomic E-state index is 10.7. The summed E-state index contributed by atoms with van der Waals surface area (Å²) in [7, 11) is 0. The highest BCUT2D eigenvalue weighted by molar-refractivity contribution is 5.66. The lowest BCUT2D eigenvalue weighted by Crippen LogP contribution is -2.28. The van der Waals surface area contributed by atoms with Crippen LogP contribution in [-0.2, 0) is 17.8 Å². The van der Waals surface area contributed by atoms with E-state index in [4.69, 9.17) is 9.84 Å². The predicted octanol–water partition coefficient (Wildman–Crippen LogP) is 2.06. The molecule has 0 spiro atoms. The van der Waals surface area contributed by atoms with Crippen molar-refractivity contribution in [2.75, 3.05) is 13.2 Å². The Hall–Kier alpha value is -1.55. The number of aliphatic carboxylic acids is 1. The topological polar surface area (TPSA) is 49.8 Å². The molecule has 19 heavy (non-hydrogen) atoms. The Morgan fingerprint density at radius 1 is 1.42 bits per heavy atom. The van der Waals surface area contributed by atoms with Crippen LogP contribution in [0.4, 0.5) is 0 Å². The SMILES string of the molecule is O=C(O)CCN(Cc1ccc2c(c1)CCO2)C1CC1. The minimum atomic E-state index is -0.715. The van der Waals surface area contributed by atoms with Crippen LogP contribution in [-0.4, -0.2) is 35.2 Å². The fourth-order valence-corrected chi connectivity index (χ4v) is 2.64. The van der Waals surface area contributed by atoms with Crippen LogP contribution in [0.25, 0.3) is 0 Å². The minimum Gasteiger partial charge on any atom is -0.493 e. The number of carboxylic acid groups (broad SMARTS) is 1. The second-order valence-corrected chi connectivity index (χ2v) is 5.39. The summed E-state index contributed by atoms with van der Waals surface area (Å²) in [5.74, 6) is 0.292. The average molecular weight is 261 g/mol. The van der Waals surface area contributed by atoms with E-state index in [-0.39, 0.29) is 6.42 Å². The quantitative estimate of drug-likeness (QED) is 0.851. The van der Waals surface area contributed by atoms with E-state index in [0.717, 1.165) is 25.3 Å². The monoisotopic (exact) mass is 261 g/mol. The molecule has 1 fully saturated rings. The summed E-state index contributed by atoms with van der Waals surface area (Å²) in [6.45, 7) is 2.28. The molecule has 0 unspecified atom stereocenters. The van der Waals surface area contributed by atoms with Gasteiger partial charge < -0.3 is 9.84 Å². The summed E-state index contributed by atoms with van der Waals surface area (Å²) in [5, 5.41) is 8.81. The van der Waals surface area contributed by atoms with Crippen LogP contribution >= 0.6 is 0 Å². The fourth-order valence-electron chi connectivity index (χ4n) is 2.64. The molecule has 0 amide bonds. The van der Waals surface area contributed by atoms with Crippen molar-refractivity contribution in [3.8, 4) is 5.75 Å². The van der Waals surface area contributed by atoms with Crippen molar-refractivity contribution in [3.63, 3.8) is 0 Å². The van der Waals surface area contributed by atoms with Crippen LogP contribution < -0.4 is 4.74 Å². The van der Waals surface area contributed by atoms with Crippen molar-refractivity contribution < 1.29 is 14.6 Å². The van der Waals surface area contributed by atoms with Gasteiger partial charge in [0, 0.05) is 25.6 Å². The molecule has 4 nitrogen and oxygen atoms in total. The Balaban J connectivity index is 1.66. The number of hydrogen-bond acceptors (Lipinski definition) is 3. The van der Waals surface area contributed by atoms with Crippen molar-refractivity contribution in [1.29, 1.82) is 0 Å². The average Bonchev–Trinajstić information content (AvgIpc) is 3.12. The van der Waals surface area contributed by atoms with Gasteiger partial charge in [-0.1, -0.05) is 12.1 Å². The molecule has 0 atom stereocenters. The van der Waals surface area contributed by atoms with Gasteiger partial charge in [0.05, 0.1) is 13.0 Å². The third kappa shape index (κ3) is 3.07. The molecule has 2 aliphatic rings. The number of ether oxygens (including phenoxy) is 1. The second-order valence-electron chi connectivity index (χ2n) is 5.39. The number of fused-ring (bicyclic) bond motifs is 1. The zero-order valence-corrected chi connectivity index (χ0v) is 11.0. The lowest BCUT2D eigenvalue weighted by atomic mass is 10.1. The predicted molar refractivity (Wildman–Crippen MR) is 71.3 cm³/mol. The van der Waals surface area contributed by atoms with Gasteiger partial charge in [0.15, 0.2) is 0 Å². The Morgan fingerprint density at radius 3 is 3.00 bits per heavy atom. The van der Waals surface area contributed by atoms with Gasteiger partial charge in [-0.15, -0.1) is 0 Å². The second kappa shape index (κ2) is 5.21. The first-order valence-electron chi connectivity index (χ1n) is 6.93. The largest absolute Gasteiger partial charge is 0.493 e. The first-order valence-corrected chi connectivity index (χ1v) is 6.93. The van der Waals surface area contributed by atoms with Crippen LogP contribution in [0, 0.1) is 0 Å². The number of carboxylic acids is 1. The van der Waals surface area contributed by atoms with Gasteiger partial charge in [0.2, 0.25) is 0 Å². The summed E-state index contributed by atoms with van der Waals surface area (Å²) in [5.41, 5.74) is 2.55. The third-order valence-corrected chi connectivity index (χ3v) is 3.82. The first-order chi connectivity index (χ1) is 9.22. The highest BCUT2D eigenvalue weighted by atomic mass is 16.5. The van der Waals surface area contributed by atoms with Gasteiger partial charge in [-0.3, -0.25) is 9.69 Å². The smallest absolute Gasteiger partial charge is 0.304 e. The molecular weight excluding hydrogens is 242 g/mol. The van der Waals surface area contributed by atoms with E-state index in [2.05, 4.69) is 17.0 Å². The summed E-state index contributed by atoms with van der Waals surface area (Å²) >= 11 is 0. The van der Waals surface area contributed by atoms with E-state index in [1.807, 2.05) is 6.07 Å². The standard InChI is InChI=1S/C15H19NO3/c17-15(18)5-7-16(13-2-3-13)10-11-1-4-14-12(9-11)6-8-19-14/h1,4,9,13H,2-3,5-8,10H2,(H,17,18). The summed E-state index contributed by atoms with van der Waals surface area (Å²) in [4.78, 5) is 13.0. The normalized spacial score (nSPS) is 17.3. The van der Waals surface area contributed by atoms with E-state index in [1.54, 1.807) is 0 Å². The Morgan fingerprint density at radius 2 is 2.26 bits per heavy atom. The lowest BCUT2D eigenvalue weighted by molar-refractivity contribution is -0.137. The molecule has 1 saturated carbocycles. The lowest BCUT2D eigenvalue weighted by Gasteiger charge is -2.21. The number of hydrogen-bond donors (Lipinski definition) is 1. The number of carbonyl (C=O) groups is 1. The summed E-state index contributed by atoms with van der Waals surface area (Å²) in [6, 6.07) is 6.93. The van der Waals surface area contributed by atoms with Crippen molar-refractivity contribution in [2.45, 2.75) is 38.3 Å². The van der Waals surface area contributed by atoms with Gasteiger partial charge in [0.25, 0.3) is 0 Å². The van der Waals surface area contributed by atoms with Crippen molar-refractivity contribution in [3.05, 3.63) is 29.3 Å². The van der Waals surface area contributed by atoms with Crippen molar-refractivity contribution >= 4 is 5.97 Å². The van der Waals surface area contributed by atoms with Gasteiger partial charge >= 0.3 is 5.97 Å².